The Bertz CT molecular complexity index is 612. The maximum absolute atomic E-state index is 11.6. The normalized spacial score (nSPS) is 23.4. The fourth-order valence-electron chi connectivity index (χ4n) is 3.55. The minimum absolute atomic E-state index is 0.154. The molecule has 1 aliphatic carbocycles. The van der Waals surface area contributed by atoms with E-state index in [-0.39, 0.29) is 11.8 Å². The van der Waals surface area contributed by atoms with E-state index in [0.29, 0.717) is 0 Å². The first-order chi connectivity index (χ1) is 9.77. The van der Waals surface area contributed by atoms with Gasteiger partial charge in [0.05, 0.1) is 5.92 Å². The first-order valence-corrected chi connectivity index (χ1v) is 7.48. The topological polar surface area (TPSA) is 37.3 Å². The summed E-state index contributed by atoms with van der Waals surface area (Å²) in [7, 11) is 0. The van der Waals surface area contributed by atoms with E-state index in [1.165, 1.54) is 16.3 Å². The zero-order chi connectivity index (χ0) is 13.9. The van der Waals surface area contributed by atoms with Crippen molar-refractivity contribution in [1.82, 2.24) is 0 Å². The van der Waals surface area contributed by atoms with Crippen LogP contribution >= 0.6 is 0 Å². The molecule has 1 aliphatic rings. The average Bonchev–Trinajstić information content (AvgIpc) is 2.72. The number of hydrogen-bond acceptors (Lipinski definition) is 1. The van der Waals surface area contributed by atoms with Crippen LogP contribution in [0, 0.1) is 5.92 Å². The standard InChI is InChI=1S/C18H20O2/c19-18(20)17-11-3-1-2-10-16(17)15-12-6-8-13-7-4-5-9-14(13)15/h4-9,12,16-17H,1-3,10-11H2,(H,19,20). The third-order valence-electron chi connectivity index (χ3n) is 4.56. The van der Waals surface area contributed by atoms with Crippen molar-refractivity contribution in [3.8, 4) is 0 Å². The predicted octanol–water partition coefficient (Wildman–Crippen LogP) is 4.59. The van der Waals surface area contributed by atoms with Gasteiger partial charge in [-0.2, -0.15) is 0 Å². The number of benzene rings is 2. The number of carbonyl (C=O) groups is 1. The zero-order valence-electron chi connectivity index (χ0n) is 11.6. The molecule has 1 N–H and O–H groups in total. The van der Waals surface area contributed by atoms with E-state index in [0.717, 1.165) is 32.1 Å². The van der Waals surface area contributed by atoms with Crippen molar-refractivity contribution in [3.05, 3.63) is 48.0 Å². The van der Waals surface area contributed by atoms with E-state index in [1.54, 1.807) is 0 Å². The minimum Gasteiger partial charge on any atom is -0.481 e. The molecule has 3 rings (SSSR count). The van der Waals surface area contributed by atoms with Crippen molar-refractivity contribution in [1.29, 1.82) is 0 Å². The summed E-state index contributed by atoms with van der Waals surface area (Å²) in [4.78, 5) is 11.6. The quantitative estimate of drug-likeness (QED) is 0.809. The Labute approximate surface area is 119 Å². The van der Waals surface area contributed by atoms with Crippen molar-refractivity contribution >= 4 is 16.7 Å². The SMILES string of the molecule is O=C(O)C1CCCCCC1c1cccc2ccccc12. The molecule has 2 heteroatoms. The van der Waals surface area contributed by atoms with E-state index < -0.39 is 5.97 Å². The van der Waals surface area contributed by atoms with Crippen molar-refractivity contribution in [2.45, 2.75) is 38.0 Å². The number of fused-ring (bicyclic) bond motifs is 1. The van der Waals surface area contributed by atoms with Gasteiger partial charge in [-0.15, -0.1) is 0 Å². The van der Waals surface area contributed by atoms with Gasteiger partial charge >= 0.3 is 5.97 Å². The van der Waals surface area contributed by atoms with Crippen LogP contribution in [0.25, 0.3) is 10.8 Å². The molecule has 2 aromatic rings. The van der Waals surface area contributed by atoms with Crippen LogP contribution < -0.4 is 0 Å². The second-order valence-electron chi connectivity index (χ2n) is 5.76. The predicted molar refractivity (Wildman–Crippen MR) is 80.9 cm³/mol. The molecule has 20 heavy (non-hydrogen) atoms. The summed E-state index contributed by atoms with van der Waals surface area (Å²) in [6.45, 7) is 0. The molecule has 0 aromatic heterocycles. The molecule has 2 unspecified atom stereocenters. The van der Waals surface area contributed by atoms with Gasteiger partial charge in [-0.3, -0.25) is 4.79 Å². The Hall–Kier alpha value is -1.83. The lowest BCUT2D eigenvalue weighted by Crippen LogP contribution is -2.21. The lowest BCUT2D eigenvalue weighted by Gasteiger charge is -2.23. The first kappa shape index (κ1) is 13.2. The minimum atomic E-state index is -0.634. The molecule has 104 valence electrons. The summed E-state index contributed by atoms with van der Waals surface area (Å²) in [6.07, 6.45) is 5.13. The molecule has 2 nitrogen and oxygen atoms in total. The summed E-state index contributed by atoms with van der Waals surface area (Å²) >= 11 is 0. The number of aliphatic carboxylic acids is 1. The van der Waals surface area contributed by atoms with Crippen molar-refractivity contribution < 1.29 is 9.90 Å². The average molecular weight is 268 g/mol. The lowest BCUT2D eigenvalue weighted by molar-refractivity contribution is -0.142. The molecule has 0 saturated heterocycles. The lowest BCUT2D eigenvalue weighted by atomic mass is 9.80. The molecule has 0 spiro atoms. The molecule has 0 bridgehead atoms. The van der Waals surface area contributed by atoms with E-state index in [2.05, 4.69) is 30.3 Å². The highest BCUT2D eigenvalue weighted by Gasteiger charge is 2.31. The molecule has 1 saturated carbocycles. The maximum atomic E-state index is 11.6. The monoisotopic (exact) mass is 268 g/mol. The third kappa shape index (κ3) is 2.43. The number of carboxylic acid groups (broad SMARTS) is 1. The summed E-state index contributed by atoms with van der Waals surface area (Å²) in [6, 6.07) is 14.6. The Morgan fingerprint density at radius 2 is 1.70 bits per heavy atom. The van der Waals surface area contributed by atoms with E-state index in [9.17, 15) is 9.90 Å². The van der Waals surface area contributed by atoms with Gasteiger partial charge in [0.1, 0.15) is 0 Å². The fraction of sp³-hybridized carbons (Fsp3) is 0.389. The second kappa shape index (κ2) is 5.66. The van der Waals surface area contributed by atoms with Crippen LogP contribution in [0.4, 0.5) is 0 Å². The van der Waals surface area contributed by atoms with Crippen LogP contribution in [0.3, 0.4) is 0 Å². The molecule has 0 amide bonds. The molecule has 0 heterocycles. The maximum Gasteiger partial charge on any atom is 0.307 e. The van der Waals surface area contributed by atoms with E-state index in [1.807, 2.05) is 12.1 Å². The summed E-state index contributed by atoms with van der Waals surface area (Å²) in [5.74, 6) is -0.714. The van der Waals surface area contributed by atoms with Crippen molar-refractivity contribution in [2.24, 2.45) is 5.92 Å². The van der Waals surface area contributed by atoms with Crippen molar-refractivity contribution in [2.75, 3.05) is 0 Å². The van der Waals surface area contributed by atoms with Gasteiger partial charge in [0, 0.05) is 0 Å². The van der Waals surface area contributed by atoms with Crippen molar-refractivity contribution in [3.63, 3.8) is 0 Å². The van der Waals surface area contributed by atoms with Crippen LogP contribution in [0.5, 0.6) is 0 Å². The zero-order valence-corrected chi connectivity index (χ0v) is 11.6. The van der Waals surface area contributed by atoms with Gasteiger partial charge in [0.25, 0.3) is 0 Å². The van der Waals surface area contributed by atoms with E-state index >= 15 is 0 Å². The van der Waals surface area contributed by atoms with Gasteiger partial charge in [-0.05, 0) is 35.1 Å². The highest BCUT2D eigenvalue weighted by Crippen LogP contribution is 2.39. The highest BCUT2D eigenvalue weighted by molar-refractivity contribution is 5.87. The smallest absolute Gasteiger partial charge is 0.307 e. The number of carboxylic acids is 1. The molecular weight excluding hydrogens is 248 g/mol. The second-order valence-corrected chi connectivity index (χ2v) is 5.76. The summed E-state index contributed by atoms with van der Waals surface area (Å²) in [5.41, 5.74) is 1.22. The number of hydrogen-bond donors (Lipinski definition) is 1. The van der Waals surface area contributed by atoms with Crippen LogP contribution in [-0.4, -0.2) is 11.1 Å². The molecule has 0 aliphatic heterocycles. The number of rotatable bonds is 2. The molecule has 1 fully saturated rings. The van der Waals surface area contributed by atoms with E-state index in [4.69, 9.17) is 0 Å². The molecule has 2 atom stereocenters. The molecule has 0 radical (unpaired) electrons. The molecule has 2 aromatic carbocycles. The Balaban J connectivity index is 2.09. The summed E-state index contributed by atoms with van der Waals surface area (Å²) in [5, 5.41) is 12.0. The highest BCUT2D eigenvalue weighted by atomic mass is 16.4. The van der Waals surface area contributed by atoms with Gasteiger partial charge in [-0.25, -0.2) is 0 Å². The Morgan fingerprint density at radius 3 is 2.55 bits per heavy atom. The third-order valence-corrected chi connectivity index (χ3v) is 4.56. The van der Waals surface area contributed by atoms with Gasteiger partial charge in [0.15, 0.2) is 0 Å². The van der Waals surface area contributed by atoms with Crippen LogP contribution in [-0.2, 0) is 4.79 Å². The Kier molecular flexibility index (Phi) is 3.72. The van der Waals surface area contributed by atoms with Crippen LogP contribution in [0.15, 0.2) is 42.5 Å². The van der Waals surface area contributed by atoms with Gasteiger partial charge < -0.3 is 5.11 Å². The first-order valence-electron chi connectivity index (χ1n) is 7.48. The fourth-order valence-corrected chi connectivity index (χ4v) is 3.55. The van der Waals surface area contributed by atoms with Gasteiger partial charge in [0.2, 0.25) is 0 Å². The van der Waals surface area contributed by atoms with Crippen LogP contribution in [0.2, 0.25) is 0 Å². The van der Waals surface area contributed by atoms with Crippen LogP contribution in [0.1, 0.15) is 43.6 Å². The Morgan fingerprint density at radius 1 is 0.950 bits per heavy atom. The largest absolute Gasteiger partial charge is 0.481 e. The van der Waals surface area contributed by atoms with Gasteiger partial charge in [-0.1, -0.05) is 61.7 Å². The molecular formula is C18H20O2. The summed E-state index contributed by atoms with van der Waals surface area (Å²) < 4.78 is 0.